The van der Waals surface area contributed by atoms with Crippen LogP contribution in [0, 0.1) is 0 Å². The molecule has 0 amide bonds. The first-order chi connectivity index (χ1) is 7.90. The molecule has 0 fully saturated rings. The van der Waals surface area contributed by atoms with E-state index in [1.807, 2.05) is 0 Å². The molecule has 1 rings (SSSR count). The number of rotatable bonds is 4. The van der Waals surface area contributed by atoms with Crippen molar-refractivity contribution >= 4 is 12.0 Å². The van der Waals surface area contributed by atoms with Crippen LogP contribution in [0.5, 0.6) is 0 Å². The van der Waals surface area contributed by atoms with Crippen molar-refractivity contribution in [1.29, 1.82) is 0 Å². The van der Waals surface area contributed by atoms with Crippen molar-refractivity contribution in [3.05, 3.63) is 24.0 Å². The summed E-state index contributed by atoms with van der Waals surface area (Å²) in [5, 5.41) is 3.52. The van der Waals surface area contributed by atoms with E-state index in [4.69, 9.17) is 0 Å². The Hall–Kier alpha value is -1.79. The van der Waals surface area contributed by atoms with Crippen molar-refractivity contribution in [3.8, 4) is 0 Å². The van der Waals surface area contributed by atoms with Gasteiger partial charge < -0.3 is 4.74 Å². The molecule has 0 aliphatic carbocycles. The van der Waals surface area contributed by atoms with Crippen LogP contribution >= 0.6 is 0 Å². The molecule has 1 aromatic rings. The van der Waals surface area contributed by atoms with E-state index in [1.165, 1.54) is 18.5 Å². The molecular weight excluding hydrogens is 237 g/mol. The monoisotopic (exact) mass is 248 g/mol. The van der Waals surface area contributed by atoms with Gasteiger partial charge in [-0.1, -0.05) is 0 Å². The zero-order valence-corrected chi connectivity index (χ0v) is 9.07. The fourth-order valence-corrected chi connectivity index (χ4v) is 1.09. The molecule has 17 heavy (non-hydrogen) atoms. The molecule has 0 aliphatic rings. The van der Waals surface area contributed by atoms with E-state index in [9.17, 15) is 18.0 Å². The third-order valence-electron chi connectivity index (χ3n) is 1.69. The smallest absolute Gasteiger partial charge is 0.408 e. The Bertz CT molecular complexity index is 410. The fraction of sp³-hybridized carbons (Fsp3) is 0.400. The van der Waals surface area contributed by atoms with Crippen molar-refractivity contribution in [2.24, 2.45) is 0 Å². The van der Waals surface area contributed by atoms with Crippen LogP contribution in [0.25, 0.3) is 6.08 Å². The number of esters is 1. The van der Waals surface area contributed by atoms with E-state index in [1.54, 1.807) is 6.92 Å². The second-order valence-corrected chi connectivity index (χ2v) is 3.17. The van der Waals surface area contributed by atoms with Crippen LogP contribution in [0.1, 0.15) is 12.5 Å². The van der Waals surface area contributed by atoms with Crippen molar-refractivity contribution in [3.63, 3.8) is 0 Å². The maximum Gasteiger partial charge on any atom is 0.408 e. The second kappa shape index (κ2) is 5.51. The topological polar surface area (TPSA) is 44.1 Å². The van der Waals surface area contributed by atoms with Gasteiger partial charge in [0.05, 0.1) is 12.8 Å². The predicted octanol–water partition coefficient (Wildman–Crippen LogP) is 2.02. The summed E-state index contributed by atoms with van der Waals surface area (Å²) in [7, 11) is 0. The Labute approximate surface area is 95.7 Å². The summed E-state index contributed by atoms with van der Waals surface area (Å²) < 4.78 is 41.4. The average Bonchev–Trinajstić information content (AvgIpc) is 2.60. The molecule has 1 heterocycles. The highest BCUT2D eigenvalue weighted by Gasteiger charge is 2.28. The summed E-state index contributed by atoms with van der Waals surface area (Å²) in [6, 6.07) is 0. The van der Waals surface area contributed by atoms with Gasteiger partial charge in [0.25, 0.3) is 0 Å². The van der Waals surface area contributed by atoms with E-state index in [0.717, 1.165) is 10.8 Å². The Balaban J connectivity index is 2.60. The van der Waals surface area contributed by atoms with Crippen molar-refractivity contribution in [2.45, 2.75) is 19.6 Å². The van der Waals surface area contributed by atoms with Gasteiger partial charge in [-0.15, -0.1) is 0 Å². The number of hydrogen-bond acceptors (Lipinski definition) is 3. The minimum Gasteiger partial charge on any atom is -0.463 e. The lowest BCUT2D eigenvalue weighted by molar-refractivity contribution is -0.142. The zero-order chi connectivity index (χ0) is 12.9. The minimum atomic E-state index is -4.31. The molecule has 0 saturated carbocycles. The lowest BCUT2D eigenvalue weighted by Crippen LogP contribution is -2.17. The van der Waals surface area contributed by atoms with Gasteiger partial charge in [-0.05, 0) is 13.0 Å². The maximum absolute atomic E-state index is 12.0. The summed E-state index contributed by atoms with van der Waals surface area (Å²) in [6.07, 6.45) is 0.606. The van der Waals surface area contributed by atoms with Crippen LogP contribution in [-0.4, -0.2) is 28.5 Å². The Morgan fingerprint density at radius 2 is 2.29 bits per heavy atom. The SMILES string of the molecule is CCOC(=O)C=Cc1cnn(CC(F)(F)F)c1. The van der Waals surface area contributed by atoms with Gasteiger partial charge in [0.2, 0.25) is 0 Å². The van der Waals surface area contributed by atoms with Crippen molar-refractivity contribution in [2.75, 3.05) is 6.61 Å². The molecule has 0 aromatic carbocycles. The molecule has 0 aliphatic heterocycles. The summed E-state index contributed by atoms with van der Waals surface area (Å²) in [6.45, 7) is 0.754. The first kappa shape index (κ1) is 13.3. The van der Waals surface area contributed by atoms with Crippen molar-refractivity contribution < 1.29 is 22.7 Å². The zero-order valence-electron chi connectivity index (χ0n) is 9.07. The number of carbonyl (C=O) groups is 1. The van der Waals surface area contributed by atoms with Crippen LogP contribution < -0.4 is 0 Å². The van der Waals surface area contributed by atoms with Gasteiger partial charge in [0.15, 0.2) is 0 Å². The van der Waals surface area contributed by atoms with Gasteiger partial charge in [-0.3, -0.25) is 4.68 Å². The highest BCUT2D eigenvalue weighted by atomic mass is 19.4. The summed E-state index contributed by atoms with van der Waals surface area (Å²) in [5.74, 6) is -0.545. The molecule has 0 unspecified atom stereocenters. The number of ether oxygens (including phenoxy) is 1. The number of hydrogen-bond donors (Lipinski definition) is 0. The lowest BCUT2D eigenvalue weighted by atomic mass is 10.3. The van der Waals surface area contributed by atoms with Gasteiger partial charge in [0, 0.05) is 17.8 Å². The molecule has 0 bridgehead atoms. The third-order valence-corrected chi connectivity index (χ3v) is 1.69. The van der Waals surface area contributed by atoms with Gasteiger partial charge in [-0.25, -0.2) is 4.79 Å². The molecular formula is C10H11F3N2O2. The largest absolute Gasteiger partial charge is 0.463 e. The number of halogens is 3. The van der Waals surface area contributed by atoms with Crippen LogP contribution in [0.2, 0.25) is 0 Å². The first-order valence-corrected chi connectivity index (χ1v) is 4.85. The molecule has 1 aromatic heterocycles. The van der Waals surface area contributed by atoms with E-state index in [2.05, 4.69) is 9.84 Å². The van der Waals surface area contributed by atoms with Crippen LogP contribution in [0.3, 0.4) is 0 Å². The number of alkyl halides is 3. The van der Waals surface area contributed by atoms with Gasteiger partial charge in [0.1, 0.15) is 6.54 Å². The first-order valence-electron chi connectivity index (χ1n) is 4.85. The average molecular weight is 248 g/mol. The molecule has 0 radical (unpaired) electrons. The number of aromatic nitrogens is 2. The highest BCUT2D eigenvalue weighted by molar-refractivity contribution is 5.86. The van der Waals surface area contributed by atoms with E-state index < -0.39 is 18.7 Å². The maximum atomic E-state index is 12.0. The summed E-state index contributed by atoms with van der Waals surface area (Å²) in [5.41, 5.74) is 0.405. The molecule has 0 spiro atoms. The summed E-state index contributed by atoms with van der Waals surface area (Å²) >= 11 is 0. The van der Waals surface area contributed by atoms with E-state index in [-0.39, 0.29) is 6.61 Å². The predicted molar refractivity (Wildman–Crippen MR) is 53.9 cm³/mol. The Morgan fingerprint density at radius 1 is 1.59 bits per heavy atom. The standard InChI is InChI=1S/C10H11F3N2O2/c1-2-17-9(16)4-3-8-5-14-15(6-8)7-10(11,12)13/h3-6H,2,7H2,1H3. The summed E-state index contributed by atoms with van der Waals surface area (Å²) in [4.78, 5) is 10.9. The van der Waals surface area contributed by atoms with Crippen molar-refractivity contribution in [1.82, 2.24) is 9.78 Å². The highest BCUT2D eigenvalue weighted by Crippen LogP contribution is 2.17. The van der Waals surface area contributed by atoms with Crippen LogP contribution in [0.4, 0.5) is 13.2 Å². The number of carbonyl (C=O) groups excluding carboxylic acids is 1. The fourth-order valence-electron chi connectivity index (χ4n) is 1.09. The molecule has 0 atom stereocenters. The minimum absolute atomic E-state index is 0.247. The quantitative estimate of drug-likeness (QED) is 0.604. The van der Waals surface area contributed by atoms with E-state index in [0.29, 0.717) is 5.56 Å². The molecule has 4 nitrogen and oxygen atoms in total. The second-order valence-electron chi connectivity index (χ2n) is 3.17. The lowest BCUT2D eigenvalue weighted by Gasteiger charge is -2.04. The Kier molecular flexibility index (Phi) is 4.30. The normalized spacial score (nSPS) is 12.0. The number of nitrogens with zero attached hydrogens (tertiary/aromatic N) is 2. The molecule has 7 heteroatoms. The van der Waals surface area contributed by atoms with E-state index >= 15 is 0 Å². The molecule has 94 valence electrons. The van der Waals surface area contributed by atoms with Gasteiger partial charge in [-0.2, -0.15) is 18.3 Å². The Morgan fingerprint density at radius 3 is 2.88 bits per heavy atom. The molecule has 0 saturated heterocycles. The van der Waals surface area contributed by atoms with Crippen LogP contribution in [0.15, 0.2) is 18.5 Å². The third kappa shape index (κ3) is 5.19. The molecule has 0 N–H and O–H groups in total. The van der Waals surface area contributed by atoms with Crippen LogP contribution in [-0.2, 0) is 16.1 Å². The van der Waals surface area contributed by atoms with Gasteiger partial charge >= 0.3 is 12.1 Å².